The molecule has 7 nitrogen and oxygen atoms in total. The highest BCUT2D eigenvalue weighted by Gasteiger charge is 2.30. The van der Waals surface area contributed by atoms with Crippen molar-refractivity contribution in [1.29, 1.82) is 0 Å². The second-order valence-electron chi connectivity index (χ2n) is 6.94. The molecule has 2 saturated heterocycles. The maximum atomic E-state index is 12.7. The number of likely N-dealkylation sites (tertiary alicyclic amines) is 1. The highest BCUT2D eigenvalue weighted by Crippen LogP contribution is 2.28. The van der Waals surface area contributed by atoms with E-state index in [0.717, 1.165) is 49.3 Å². The first-order valence-electron chi connectivity index (χ1n) is 8.91. The number of rotatable bonds is 3. The molecule has 1 atom stereocenters. The predicted octanol–water partition coefficient (Wildman–Crippen LogP) is 1.64. The van der Waals surface area contributed by atoms with Crippen LogP contribution in [0.5, 0.6) is 0 Å². The Labute approximate surface area is 146 Å². The van der Waals surface area contributed by atoms with Gasteiger partial charge in [0.25, 0.3) is 11.5 Å². The summed E-state index contributed by atoms with van der Waals surface area (Å²) in [4.78, 5) is 39.3. The Morgan fingerprint density at radius 3 is 2.80 bits per heavy atom. The lowest BCUT2D eigenvalue weighted by atomic mass is 10.0. The quantitative estimate of drug-likeness (QED) is 0.889. The summed E-state index contributed by atoms with van der Waals surface area (Å²) < 4.78 is 0. The van der Waals surface area contributed by atoms with E-state index >= 15 is 0 Å². The molecule has 0 spiro atoms. The molecule has 0 aromatic carbocycles. The van der Waals surface area contributed by atoms with Crippen LogP contribution in [0.1, 0.15) is 46.9 Å². The molecule has 2 aromatic rings. The minimum Gasteiger partial charge on any atom is -0.365 e. The predicted molar refractivity (Wildman–Crippen MR) is 95.1 cm³/mol. The second kappa shape index (κ2) is 6.38. The Morgan fingerprint density at radius 2 is 2.08 bits per heavy atom. The molecule has 0 aliphatic carbocycles. The molecule has 2 N–H and O–H groups in total. The maximum Gasteiger partial charge on any atom is 0.255 e. The third kappa shape index (κ3) is 3.06. The van der Waals surface area contributed by atoms with Crippen LogP contribution in [0.15, 0.2) is 23.1 Å². The van der Waals surface area contributed by atoms with E-state index < -0.39 is 0 Å². The van der Waals surface area contributed by atoms with Crippen molar-refractivity contribution < 1.29 is 4.79 Å². The van der Waals surface area contributed by atoms with E-state index in [0.29, 0.717) is 19.0 Å². The van der Waals surface area contributed by atoms with Gasteiger partial charge in [-0.1, -0.05) is 0 Å². The SMILES string of the molecule is Cc1[nH]ccc1C(=O)N1CCC(c2cc(=O)[nH]c(N3CCCC3)n2)C1. The summed E-state index contributed by atoms with van der Waals surface area (Å²) in [6.45, 7) is 5.09. The standard InChI is InChI=1S/C18H23N5O2/c1-12-14(4-6-19-12)17(25)23-9-5-13(11-23)15-10-16(24)21-18(20-15)22-7-2-3-8-22/h4,6,10,13,19H,2-3,5,7-9,11H2,1H3,(H,20,21,24). The van der Waals surface area contributed by atoms with Crippen molar-refractivity contribution in [2.75, 3.05) is 31.1 Å². The van der Waals surface area contributed by atoms with E-state index in [2.05, 4.69) is 14.9 Å². The fraction of sp³-hybridized carbons (Fsp3) is 0.500. The fourth-order valence-corrected chi connectivity index (χ4v) is 3.79. The minimum absolute atomic E-state index is 0.0471. The zero-order valence-corrected chi connectivity index (χ0v) is 14.4. The Hall–Kier alpha value is -2.57. The number of nitrogens with one attached hydrogen (secondary N) is 2. The smallest absolute Gasteiger partial charge is 0.255 e. The van der Waals surface area contributed by atoms with E-state index in [-0.39, 0.29) is 17.4 Å². The molecule has 4 heterocycles. The lowest BCUT2D eigenvalue weighted by Crippen LogP contribution is -2.29. The summed E-state index contributed by atoms with van der Waals surface area (Å²) in [5.41, 5.74) is 2.29. The second-order valence-corrected chi connectivity index (χ2v) is 6.94. The van der Waals surface area contributed by atoms with Crippen molar-refractivity contribution in [3.8, 4) is 0 Å². The average Bonchev–Trinajstić information content (AvgIpc) is 3.35. The summed E-state index contributed by atoms with van der Waals surface area (Å²) in [5.74, 6) is 0.837. The molecule has 2 aliphatic heterocycles. The molecule has 2 fully saturated rings. The van der Waals surface area contributed by atoms with E-state index in [4.69, 9.17) is 4.98 Å². The van der Waals surface area contributed by atoms with Gasteiger partial charge in [0.2, 0.25) is 5.95 Å². The highest BCUT2D eigenvalue weighted by atomic mass is 16.2. The van der Waals surface area contributed by atoms with Gasteiger partial charge in [0, 0.05) is 50.1 Å². The molecule has 0 bridgehead atoms. The number of aromatic nitrogens is 3. The largest absolute Gasteiger partial charge is 0.365 e. The fourth-order valence-electron chi connectivity index (χ4n) is 3.79. The molecule has 1 unspecified atom stereocenters. The maximum absolute atomic E-state index is 12.7. The van der Waals surface area contributed by atoms with Crippen molar-refractivity contribution in [2.45, 2.75) is 32.1 Å². The van der Waals surface area contributed by atoms with Gasteiger partial charge in [-0.3, -0.25) is 14.6 Å². The molecular weight excluding hydrogens is 318 g/mol. The molecule has 25 heavy (non-hydrogen) atoms. The molecule has 0 saturated carbocycles. The molecule has 132 valence electrons. The van der Waals surface area contributed by atoms with Gasteiger partial charge in [0.15, 0.2) is 0 Å². The number of nitrogens with zero attached hydrogens (tertiary/aromatic N) is 3. The zero-order valence-electron chi connectivity index (χ0n) is 14.4. The number of aryl methyl sites for hydroxylation is 1. The summed E-state index contributed by atoms with van der Waals surface area (Å²) in [6, 6.07) is 3.40. The van der Waals surface area contributed by atoms with Crippen molar-refractivity contribution in [1.82, 2.24) is 19.9 Å². The third-order valence-electron chi connectivity index (χ3n) is 5.23. The van der Waals surface area contributed by atoms with Gasteiger partial charge in [0.1, 0.15) is 0 Å². The average molecular weight is 341 g/mol. The van der Waals surface area contributed by atoms with Gasteiger partial charge in [-0.25, -0.2) is 4.98 Å². The summed E-state index contributed by atoms with van der Waals surface area (Å²) >= 11 is 0. The van der Waals surface area contributed by atoms with Crippen LogP contribution in [-0.2, 0) is 0 Å². The van der Waals surface area contributed by atoms with Crippen LogP contribution in [0.25, 0.3) is 0 Å². The van der Waals surface area contributed by atoms with Crippen LogP contribution in [-0.4, -0.2) is 51.9 Å². The lowest BCUT2D eigenvalue weighted by Gasteiger charge is -2.19. The third-order valence-corrected chi connectivity index (χ3v) is 5.23. The van der Waals surface area contributed by atoms with Crippen molar-refractivity contribution in [2.24, 2.45) is 0 Å². The number of hydrogen-bond donors (Lipinski definition) is 2. The first kappa shape index (κ1) is 15.9. The van der Waals surface area contributed by atoms with Crippen LogP contribution in [0.2, 0.25) is 0 Å². The van der Waals surface area contributed by atoms with Crippen LogP contribution < -0.4 is 10.5 Å². The van der Waals surface area contributed by atoms with Crippen molar-refractivity contribution >= 4 is 11.9 Å². The van der Waals surface area contributed by atoms with Crippen LogP contribution in [0, 0.1) is 6.92 Å². The first-order chi connectivity index (χ1) is 12.1. The molecule has 4 rings (SSSR count). The molecule has 0 radical (unpaired) electrons. The Bertz CT molecular complexity index is 834. The van der Waals surface area contributed by atoms with Crippen LogP contribution >= 0.6 is 0 Å². The van der Waals surface area contributed by atoms with E-state index in [9.17, 15) is 9.59 Å². The zero-order chi connectivity index (χ0) is 17.4. The topological polar surface area (TPSA) is 85.1 Å². The molecule has 1 amide bonds. The van der Waals surface area contributed by atoms with Crippen molar-refractivity contribution in [3.63, 3.8) is 0 Å². The first-order valence-corrected chi connectivity index (χ1v) is 8.91. The van der Waals surface area contributed by atoms with Gasteiger partial charge >= 0.3 is 0 Å². The lowest BCUT2D eigenvalue weighted by molar-refractivity contribution is 0.0790. The Kier molecular flexibility index (Phi) is 4.07. The number of aromatic amines is 2. The van der Waals surface area contributed by atoms with Gasteiger partial charge in [-0.2, -0.15) is 0 Å². The highest BCUT2D eigenvalue weighted by molar-refractivity contribution is 5.95. The molecule has 2 aliphatic rings. The number of carbonyl (C=O) groups excluding carboxylic acids is 1. The summed E-state index contributed by atoms with van der Waals surface area (Å²) in [7, 11) is 0. The van der Waals surface area contributed by atoms with Crippen LogP contribution in [0.4, 0.5) is 5.95 Å². The molecule has 7 heteroatoms. The van der Waals surface area contributed by atoms with Gasteiger partial charge in [0.05, 0.1) is 11.3 Å². The number of amides is 1. The number of anilines is 1. The van der Waals surface area contributed by atoms with Gasteiger partial charge in [-0.05, 0) is 32.3 Å². The normalized spacial score (nSPS) is 20.4. The number of carbonyl (C=O) groups is 1. The molecular formula is C18H23N5O2. The minimum atomic E-state index is -0.113. The Balaban J connectivity index is 1.52. The van der Waals surface area contributed by atoms with E-state index in [1.807, 2.05) is 17.9 Å². The van der Waals surface area contributed by atoms with Crippen molar-refractivity contribution in [3.05, 3.63) is 45.6 Å². The van der Waals surface area contributed by atoms with Crippen LogP contribution in [0.3, 0.4) is 0 Å². The Morgan fingerprint density at radius 1 is 1.28 bits per heavy atom. The monoisotopic (exact) mass is 341 g/mol. The summed E-state index contributed by atoms with van der Waals surface area (Å²) in [6.07, 6.45) is 4.90. The van der Waals surface area contributed by atoms with Gasteiger partial charge in [-0.15, -0.1) is 0 Å². The number of H-pyrrole nitrogens is 2. The van der Waals surface area contributed by atoms with E-state index in [1.54, 1.807) is 12.3 Å². The van der Waals surface area contributed by atoms with Gasteiger partial charge < -0.3 is 14.8 Å². The molecule has 2 aromatic heterocycles. The number of hydrogen-bond acceptors (Lipinski definition) is 4. The summed E-state index contributed by atoms with van der Waals surface area (Å²) in [5, 5.41) is 0. The van der Waals surface area contributed by atoms with E-state index in [1.165, 1.54) is 0 Å².